The summed E-state index contributed by atoms with van der Waals surface area (Å²) in [5, 5.41) is 21.1. The number of aliphatic carboxylic acids is 1. The monoisotopic (exact) mass is 364 g/mol. The zero-order valence-electron chi connectivity index (χ0n) is 16.0. The predicted molar refractivity (Wildman–Crippen MR) is 104 cm³/mol. The predicted octanol–water partition coefficient (Wildman–Crippen LogP) is 3.59. The zero-order valence-corrected chi connectivity index (χ0v) is 16.0. The first kappa shape index (κ1) is 20.2. The lowest BCUT2D eigenvalue weighted by molar-refractivity contribution is -0.139. The van der Waals surface area contributed by atoms with Crippen LogP contribution >= 0.6 is 0 Å². The van der Waals surface area contributed by atoms with Crippen LogP contribution in [0.3, 0.4) is 0 Å². The van der Waals surface area contributed by atoms with Crippen molar-refractivity contribution in [2.24, 2.45) is 0 Å². The number of rotatable bonds is 5. The van der Waals surface area contributed by atoms with Crippen LogP contribution in [0, 0.1) is 18.3 Å². The van der Waals surface area contributed by atoms with E-state index >= 15 is 0 Å². The molecule has 0 saturated carbocycles. The molecule has 0 bridgehead atoms. The van der Waals surface area contributed by atoms with Crippen molar-refractivity contribution < 1.29 is 14.7 Å². The molecule has 0 aromatic heterocycles. The van der Waals surface area contributed by atoms with E-state index in [9.17, 15) is 14.7 Å². The van der Waals surface area contributed by atoms with E-state index in [1.807, 2.05) is 12.1 Å². The second-order valence-electron chi connectivity index (χ2n) is 7.66. The lowest BCUT2D eigenvalue weighted by Gasteiger charge is -2.19. The van der Waals surface area contributed by atoms with Gasteiger partial charge >= 0.3 is 5.97 Å². The number of hydrogen-bond donors (Lipinski definition) is 2. The minimum absolute atomic E-state index is 0.0218. The summed E-state index contributed by atoms with van der Waals surface area (Å²) in [5.41, 5.74) is 3.58. The molecule has 1 atom stereocenters. The van der Waals surface area contributed by atoms with E-state index in [0.29, 0.717) is 11.1 Å². The summed E-state index contributed by atoms with van der Waals surface area (Å²) in [4.78, 5) is 24.1. The number of benzene rings is 2. The number of aryl methyl sites for hydroxylation is 1. The lowest BCUT2D eigenvalue weighted by Crippen LogP contribution is -2.42. The molecule has 0 spiro atoms. The highest BCUT2D eigenvalue weighted by atomic mass is 16.4. The van der Waals surface area contributed by atoms with Gasteiger partial charge in [-0.1, -0.05) is 45.0 Å². The average molecular weight is 364 g/mol. The van der Waals surface area contributed by atoms with Crippen molar-refractivity contribution in [3.8, 4) is 6.07 Å². The molecule has 27 heavy (non-hydrogen) atoms. The molecule has 2 N–H and O–H groups in total. The van der Waals surface area contributed by atoms with Crippen LogP contribution < -0.4 is 5.32 Å². The fourth-order valence-corrected chi connectivity index (χ4v) is 2.78. The maximum atomic E-state index is 12.5. The van der Waals surface area contributed by atoms with Crippen molar-refractivity contribution >= 4 is 11.9 Å². The van der Waals surface area contributed by atoms with E-state index in [0.717, 1.165) is 16.7 Å². The number of nitriles is 1. The van der Waals surface area contributed by atoms with Gasteiger partial charge in [-0.3, -0.25) is 4.79 Å². The fourth-order valence-electron chi connectivity index (χ4n) is 2.78. The lowest BCUT2D eigenvalue weighted by atomic mass is 9.86. The fraction of sp³-hybridized carbons (Fsp3) is 0.318. The van der Waals surface area contributed by atoms with Gasteiger partial charge in [0.2, 0.25) is 0 Å². The Balaban J connectivity index is 2.14. The van der Waals surface area contributed by atoms with Crippen molar-refractivity contribution in [2.45, 2.75) is 45.6 Å². The topological polar surface area (TPSA) is 90.2 Å². The Bertz CT molecular complexity index is 887. The molecule has 140 valence electrons. The van der Waals surface area contributed by atoms with Gasteiger partial charge in [-0.05, 0) is 47.2 Å². The number of carboxylic acids is 1. The van der Waals surface area contributed by atoms with Crippen molar-refractivity contribution in [3.05, 3.63) is 70.3 Å². The molecule has 0 radical (unpaired) electrons. The third-order valence-electron chi connectivity index (χ3n) is 4.47. The Morgan fingerprint density at radius 1 is 1.15 bits per heavy atom. The molecule has 0 heterocycles. The van der Waals surface area contributed by atoms with Crippen LogP contribution in [0.25, 0.3) is 0 Å². The van der Waals surface area contributed by atoms with Gasteiger partial charge in [-0.15, -0.1) is 0 Å². The quantitative estimate of drug-likeness (QED) is 0.848. The SMILES string of the molecule is Cc1cc(CC(NC(=O)c2ccc(C(C)(C)C)cc2)C(=O)O)ccc1C#N. The average Bonchev–Trinajstić information content (AvgIpc) is 2.60. The van der Waals surface area contributed by atoms with Crippen LogP contribution in [0.4, 0.5) is 0 Å². The number of nitrogens with zero attached hydrogens (tertiary/aromatic N) is 1. The summed E-state index contributed by atoms with van der Waals surface area (Å²) in [6.07, 6.45) is 0.147. The summed E-state index contributed by atoms with van der Waals surface area (Å²) in [6, 6.07) is 13.4. The van der Waals surface area contributed by atoms with Crippen molar-refractivity contribution in [2.75, 3.05) is 0 Å². The van der Waals surface area contributed by atoms with Crippen LogP contribution in [0.1, 0.15) is 53.4 Å². The Morgan fingerprint density at radius 2 is 1.78 bits per heavy atom. The number of hydrogen-bond acceptors (Lipinski definition) is 3. The van der Waals surface area contributed by atoms with Crippen LogP contribution in [0.2, 0.25) is 0 Å². The Hall–Kier alpha value is -3.13. The molecule has 2 rings (SSSR count). The Morgan fingerprint density at radius 3 is 2.26 bits per heavy atom. The van der Waals surface area contributed by atoms with Crippen LogP contribution in [-0.2, 0) is 16.6 Å². The van der Waals surface area contributed by atoms with Gasteiger partial charge in [0, 0.05) is 12.0 Å². The van der Waals surface area contributed by atoms with Gasteiger partial charge in [-0.25, -0.2) is 4.79 Å². The normalized spacial score (nSPS) is 12.1. The molecule has 0 aliphatic carbocycles. The summed E-state index contributed by atoms with van der Waals surface area (Å²) in [5.74, 6) is -1.52. The molecule has 2 aromatic rings. The third-order valence-corrected chi connectivity index (χ3v) is 4.47. The minimum atomic E-state index is -1.10. The van der Waals surface area contributed by atoms with Crippen LogP contribution in [-0.4, -0.2) is 23.0 Å². The van der Waals surface area contributed by atoms with E-state index in [2.05, 4.69) is 32.2 Å². The first-order valence-electron chi connectivity index (χ1n) is 8.75. The largest absolute Gasteiger partial charge is 0.480 e. The number of carboxylic acid groups (broad SMARTS) is 1. The Labute approximate surface area is 159 Å². The summed E-state index contributed by atoms with van der Waals surface area (Å²) >= 11 is 0. The summed E-state index contributed by atoms with van der Waals surface area (Å²) < 4.78 is 0. The molecule has 1 amide bonds. The second-order valence-corrected chi connectivity index (χ2v) is 7.66. The zero-order chi connectivity index (χ0) is 20.2. The highest BCUT2D eigenvalue weighted by molar-refractivity contribution is 5.96. The van der Waals surface area contributed by atoms with Crippen molar-refractivity contribution in [1.29, 1.82) is 5.26 Å². The van der Waals surface area contributed by atoms with Gasteiger partial charge in [-0.2, -0.15) is 5.26 Å². The van der Waals surface area contributed by atoms with Crippen LogP contribution in [0.15, 0.2) is 42.5 Å². The molecule has 5 heteroatoms. The smallest absolute Gasteiger partial charge is 0.326 e. The maximum absolute atomic E-state index is 12.5. The molecular weight excluding hydrogens is 340 g/mol. The van der Waals surface area contributed by atoms with E-state index < -0.39 is 17.9 Å². The van der Waals surface area contributed by atoms with E-state index in [1.54, 1.807) is 37.3 Å². The van der Waals surface area contributed by atoms with Gasteiger partial charge in [0.1, 0.15) is 6.04 Å². The molecule has 0 fully saturated rings. The molecule has 1 unspecified atom stereocenters. The number of carbonyl (C=O) groups is 2. The van der Waals surface area contributed by atoms with E-state index in [1.165, 1.54) is 0 Å². The van der Waals surface area contributed by atoms with E-state index in [4.69, 9.17) is 5.26 Å². The van der Waals surface area contributed by atoms with Gasteiger partial charge < -0.3 is 10.4 Å². The van der Waals surface area contributed by atoms with Crippen LogP contribution in [0.5, 0.6) is 0 Å². The number of amides is 1. The van der Waals surface area contributed by atoms with Crippen molar-refractivity contribution in [3.63, 3.8) is 0 Å². The molecule has 0 saturated heterocycles. The van der Waals surface area contributed by atoms with E-state index in [-0.39, 0.29) is 11.8 Å². The summed E-state index contributed by atoms with van der Waals surface area (Å²) in [6.45, 7) is 8.06. The Kier molecular flexibility index (Phi) is 6.02. The first-order chi connectivity index (χ1) is 12.6. The first-order valence-corrected chi connectivity index (χ1v) is 8.75. The van der Waals surface area contributed by atoms with Crippen molar-refractivity contribution in [1.82, 2.24) is 5.32 Å². The highest BCUT2D eigenvalue weighted by Gasteiger charge is 2.22. The molecule has 5 nitrogen and oxygen atoms in total. The number of carbonyl (C=O) groups excluding carboxylic acids is 1. The maximum Gasteiger partial charge on any atom is 0.326 e. The second kappa shape index (κ2) is 8.05. The highest BCUT2D eigenvalue weighted by Crippen LogP contribution is 2.22. The van der Waals surface area contributed by atoms with Gasteiger partial charge in [0.05, 0.1) is 11.6 Å². The third kappa shape index (κ3) is 5.18. The summed E-state index contributed by atoms with van der Waals surface area (Å²) in [7, 11) is 0. The minimum Gasteiger partial charge on any atom is -0.480 e. The van der Waals surface area contributed by atoms with Gasteiger partial charge in [0.25, 0.3) is 5.91 Å². The standard InChI is InChI=1S/C22H24N2O3/c1-14-11-15(5-6-17(14)13-23)12-19(21(26)27)24-20(25)16-7-9-18(10-8-16)22(2,3)4/h5-11,19H,12H2,1-4H3,(H,24,25)(H,26,27). The van der Waals surface area contributed by atoms with Gasteiger partial charge in [0.15, 0.2) is 0 Å². The molecular formula is C22H24N2O3. The molecule has 0 aliphatic heterocycles. The molecule has 2 aromatic carbocycles. The molecule has 0 aliphatic rings. The number of nitrogens with one attached hydrogen (secondary N) is 1.